The lowest BCUT2D eigenvalue weighted by atomic mass is 10.1. The van der Waals surface area contributed by atoms with Crippen molar-refractivity contribution in [1.29, 1.82) is 0 Å². The molecule has 35 heavy (non-hydrogen) atoms. The first kappa shape index (κ1) is 25.0. The number of hydrogen-bond acceptors (Lipinski definition) is 4. The minimum absolute atomic E-state index is 0.0321. The molecule has 0 bridgehead atoms. The maximum Gasteiger partial charge on any atom is 0.329 e. The van der Waals surface area contributed by atoms with Gasteiger partial charge in [0, 0.05) is 44.7 Å². The van der Waals surface area contributed by atoms with Gasteiger partial charge in [0.2, 0.25) is 5.91 Å². The Morgan fingerprint density at radius 2 is 1.54 bits per heavy atom. The number of para-hydroxylation sites is 1. The van der Waals surface area contributed by atoms with Crippen molar-refractivity contribution in [2.24, 2.45) is 5.73 Å². The third kappa shape index (κ3) is 6.54. The molecule has 0 unspecified atom stereocenters. The van der Waals surface area contributed by atoms with Crippen molar-refractivity contribution in [1.82, 2.24) is 9.47 Å². The fraction of sp³-hybridized carbons (Fsp3) is 0.222. The van der Waals surface area contributed by atoms with Crippen molar-refractivity contribution >= 4 is 24.4 Å². The molecule has 0 spiro atoms. The van der Waals surface area contributed by atoms with Crippen LogP contribution in [0.3, 0.4) is 0 Å². The molecule has 182 valence electrons. The van der Waals surface area contributed by atoms with E-state index in [0.717, 1.165) is 33.2 Å². The van der Waals surface area contributed by atoms with Crippen LogP contribution in [0.4, 0.5) is 0 Å². The number of aromatic nitrogens is 1. The molecule has 8 heteroatoms. The lowest BCUT2D eigenvalue weighted by Crippen LogP contribution is -2.22. The Bertz CT molecular complexity index is 1370. The van der Waals surface area contributed by atoms with Gasteiger partial charge in [-0.1, -0.05) is 66.7 Å². The van der Waals surface area contributed by atoms with Crippen LogP contribution in [0.1, 0.15) is 39.5 Å². The van der Waals surface area contributed by atoms with E-state index in [2.05, 4.69) is 17.0 Å². The van der Waals surface area contributed by atoms with Crippen LogP contribution in [-0.4, -0.2) is 25.2 Å². The van der Waals surface area contributed by atoms with Gasteiger partial charge in [-0.25, -0.2) is 0 Å². The fourth-order valence-electron chi connectivity index (χ4n) is 4.40. The van der Waals surface area contributed by atoms with E-state index in [1.54, 1.807) is 23.6 Å². The molecule has 1 aromatic heterocycles. The number of benzene rings is 3. The molecular formula is C27H30N3O4P. The van der Waals surface area contributed by atoms with Crippen molar-refractivity contribution < 1.29 is 19.1 Å². The van der Waals surface area contributed by atoms with Crippen molar-refractivity contribution in [3.8, 4) is 0 Å². The minimum atomic E-state index is -4.11. The van der Waals surface area contributed by atoms with Gasteiger partial charge < -0.3 is 15.5 Å². The molecule has 0 atom stereocenters. The van der Waals surface area contributed by atoms with Crippen LogP contribution in [0.25, 0.3) is 10.9 Å². The average molecular weight is 492 g/mol. The second kappa shape index (κ2) is 10.7. The summed E-state index contributed by atoms with van der Waals surface area (Å²) in [4.78, 5) is 33.0. The van der Waals surface area contributed by atoms with Crippen molar-refractivity contribution in [2.45, 2.75) is 39.3 Å². The topological polar surface area (TPSA) is 109 Å². The first-order chi connectivity index (χ1) is 16.7. The predicted octanol–water partition coefficient (Wildman–Crippen LogP) is 4.64. The highest BCUT2D eigenvalue weighted by atomic mass is 31.2. The zero-order chi connectivity index (χ0) is 25.0. The maximum atomic E-state index is 12.2. The molecule has 0 aliphatic heterocycles. The van der Waals surface area contributed by atoms with Gasteiger partial charge in [0.05, 0.1) is 11.7 Å². The highest BCUT2D eigenvalue weighted by Gasteiger charge is 2.17. The lowest BCUT2D eigenvalue weighted by Gasteiger charge is -2.23. The van der Waals surface area contributed by atoms with E-state index in [1.807, 2.05) is 54.7 Å². The molecule has 0 saturated heterocycles. The summed E-state index contributed by atoms with van der Waals surface area (Å²) in [6.45, 7) is 3.96. The van der Waals surface area contributed by atoms with E-state index in [0.29, 0.717) is 31.7 Å². The number of carbonyl (C=O) groups is 1. The zero-order valence-electron chi connectivity index (χ0n) is 19.7. The van der Waals surface area contributed by atoms with Gasteiger partial charge in [-0.05, 0) is 33.9 Å². The van der Waals surface area contributed by atoms with Gasteiger partial charge in [-0.2, -0.15) is 0 Å². The molecule has 1 heterocycles. The molecule has 0 saturated carbocycles. The summed E-state index contributed by atoms with van der Waals surface area (Å²) in [7, 11) is -4.11. The monoisotopic (exact) mass is 491 g/mol. The Labute approximate surface area is 205 Å². The first-order valence-corrected chi connectivity index (χ1v) is 13.2. The van der Waals surface area contributed by atoms with Gasteiger partial charge in [0.1, 0.15) is 0 Å². The van der Waals surface area contributed by atoms with Crippen LogP contribution >= 0.6 is 7.60 Å². The van der Waals surface area contributed by atoms with Crippen LogP contribution in [0.2, 0.25) is 0 Å². The third-order valence-electron chi connectivity index (χ3n) is 5.98. The summed E-state index contributed by atoms with van der Waals surface area (Å²) < 4.78 is 13.0. The Balaban J connectivity index is 1.64. The van der Waals surface area contributed by atoms with Crippen LogP contribution in [0.5, 0.6) is 0 Å². The summed E-state index contributed by atoms with van der Waals surface area (Å²) in [5, 5.41) is 1.04. The number of fused-ring (bicyclic) bond motifs is 1. The Morgan fingerprint density at radius 1 is 0.886 bits per heavy atom. The molecule has 4 N–H and O–H groups in total. The van der Waals surface area contributed by atoms with E-state index >= 15 is 0 Å². The van der Waals surface area contributed by atoms with Crippen LogP contribution in [0.15, 0.2) is 79.0 Å². The van der Waals surface area contributed by atoms with Gasteiger partial charge in [-0.3, -0.25) is 18.8 Å². The summed E-state index contributed by atoms with van der Waals surface area (Å²) in [5.74, 6) is -0.0321. The number of hydrogen-bond donors (Lipinski definition) is 3. The second-order valence-electron chi connectivity index (χ2n) is 8.87. The van der Waals surface area contributed by atoms with Gasteiger partial charge in [-0.15, -0.1) is 0 Å². The van der Waals surface area contributed by atoms with Crippen molar-refractivity contribution in [2.75, 3.05) is 0 Å². The van der Waals surface area contributed by atoms with Crippen LogP contribution in [0, 0.1) is 0 Å². The SMILES string of the molecule is CC(=O)n1cc(CN(Cc2ccc(CP(=O)(O)O)cc2)Cc2cccc(CN)c2)c2ccccc21. The highest BCUT2D eigenvalue weighted by molar-refractivity contribution is 7.50. The lowest BCUT2D eigenvalue weighted by molar-refractivity contribution is 0.0941. The van der Waals surface area contributed by atoms with E-state index in [1.165, 1.54) is 0 Å². The zero-order valence-corrected chi connectivity index (χ0v) is 20.6. The fourth-order valence-corrected chi connectivity index (χ4v) is 5.09. The normalized spacial score (nSPS) is 11.9. The smallest absolute Gasteiger partial charge is 0.326 e. The van der Waals surface area contributed by atoms with Gasteiger partial charge in [0.15, 0.2) is 0 Å². The quantitative estimate of drug-likeness (QED) is 0.294. The Morgan fingerprint density at radius 3 is 2.23 bits per heavy atom. The van der Waals surface area contributed by atoms with E-state index in [4.69, 9.17) is 5.73 Å². The Kier molecular flexibility index (Phi) is 7.65. The van der Waals surface area contributed by atoms with E-state index in [9.17, 15) is 19.1 Å². The van der Waals surface area contributed by atoms with E-state index < -0.39 is 7.60 Å². The molecule has 0 radical (unpaired) electrons. The van der Waals surface area contributed by atoms with E-state index in [-0.39, 0.29) is 12.1 Å². The number of rotatable bonds is 9. The molecule has 0 fully saturated rings. The van der Waals surface area contributed by atoms with Crippen molar-refractivity contribution in [3.05, 3.63) is 107 Å². The third-order valence-corrected chi connectivity index (χ3v) is 6.76. The predicted molar refractivity (Wildman–Crippen MR) is 138 cm³/mol. The second-order valence-corrected chi connectivity index (χ2v) is 10.5. The summed E-state index contributed by atoms with van der Waals surface area (Å²) >= 11 is 0. The Hall–Kier alpha value is -3.06. The highest BCUT2D eigenvalue weighted by Crippen LogP contribution is 2.39. The molecule has 4 rings (SSSR count). The first-order valence-electron chi connectivity index (χ1n) is 11.4. The number of nitrogens with zero attached hydrogens (tertiary/aromatic N) is 2. The van der Waals surface area contributed by atoms with Crippen LogP contribution < -0.4 is 5.73 Å². The summed E-state index contributed by atoms with van der Waals surface area (Å²) in [6.07, 6.45) is 1.65. The molecule has 0 amide bonds. The maximum absolute atomic E-state index is 12.2. The molecular weight excluding hydrogens is 461 g/mol. The van der Waals surface area contributed by atoms with Gasteiger partial charge >= 0.3 is 7.60 Å². The molecule has 4 aromatic rings. The summed E-state index contributed by atoms with van der Waals surface area (Å²) in [5.41, 5.74) is 11.6. The summed E-state index contributed by atoms with van der Waals surface area (Å²) in [6, 6.07) is 23.5. The average Bonchev–Trinajstić information content (AvgIpc) is 3.18. The number of nitrogens with two attached hydrogens (primary N) is 1. The standard InChI is InChI=1S/C27H30N3O4P/c1-20(31)30-18-25(26-7-2-3-8-27(26)30)17-29(16-24-6-4-5-23(13-24)14-28)15-21-9-11-22(12-10-21)19-35(32,33)34/h2-13,18H,14-17,19,28H2,1H3,(H2,32,33,34). The van der Waals surface area contributed by atoms with Crippen molar-refractivity contribution in [3.63, 3.8) is 0 Å². The van der Waals surface area contributed by atoms with Gasteiger partial charge in [0.25, 0.3) is 0 Å². The van der Waals surface area contributed by atoms with Crippen LogP contribution in [-0.2, 0) is 36.9 Å². The molecule has 3 aromatic carbocycles. The number of carbonyl (C=O) groups excluding carboxylic acids is 1. The largest absolute Gasteiger partial charge is 0.329 e. The molecule has 0 aliphatic rings. The molecule has 7 nitrogen and oxygen atoms in total. The minimum Gasteiger partial charge on any atom is -0.326 e. The molecule has 0 aliphatic carbocycles.